The van der Waals surface area contributed by atoms with Crippen molar-refractivity contribution in [2.45, 2.75) is 20.8 Å². The first-order chi connectivity index (χ1) is 5.90. The van der Waals surface area contributed by atoms with Gasteiger partial charge in [-0.2, -0.15) is 0 Å². The van der Waals surface area contributed by atoms with Gasteiger partial charge in [0.2, 0.25) is 0 Å². The molecular formula is C8H15N3O2. The van der Waals surface area contributed by atoms with Crippen LogP contribution in [0.5, 0.6) is 0 Å². The van der Waals surface area contributed by atoms with E-state index in [0.29, 0.717) is 6.54 Å². The Bertz CT molecular complexity index is 216. The van der Waals surface area contributed by atoms with Crippen LogP contribution in [-0.2, 0) is 0 Å². The molecule has 1 saturated heterocycles. The molecule has 1 heterocycles. The molecule has 5 nitrogen and oxygen atoms in total. The number of nitrogens with one attached hydrogen (secondary N) is 2. The van der Waals surface area contributed by atoms with Crippen molar-refractivity contribution in [1.82, 2.24) is 15.5 Å². The van der Waals surface area contributed by atoms with Crippen LogP contribution in [-0.4, -0.2) is 30.2 Å². The summed E-state index contributed by atoms with van der Waals surface area (Å²) in [7, 11) is 0. The van der Waals surface area contributed by atoms with E-state index in [9.17, 15) is 9.59 Å². The highest BCUT2D eigenvalue weighted by molar-refractivity contribution is 5.95. The smallest absolute Gasteiger partial charge is 0.320 e. The summed E-state index contributed by atoms with van der Waals surface area (Å²) >= 11 is 0. The van der Waals surface area contributed by atoms with Crippen LogP contribution >= 0.6 is 0 Å². The van der Waals surface area contributed by atoms with Crippen LogP contribution < -0.4 is 10.6 Å². The van der Waals surface area contributed by atoms with Crippen molar-refractivity contribution in [3.63, 3.8) is 0 Å². The summed E-state index contributed by atoms with van der Waals surface area (Å²) < 4.78 is 0. The summed E-state index contributed by atoms with van der Waals surface area (Å²) in [5.41, 5.74) is -0.0774. The third-order valence-corrected chi connectivity index (χ3v) is 1.60. The van der Waals surface area contributed by atoms with E-state index in [1.54, 1.807) is 0 Å². The zero-order chi connectivity index (χ0) is 10.1. The Morgan fingerprint density at radius 1 is 1.23 bits per heavy atom. The zero-order valence-electron chi connectivity index (χ0n) is 8.18. The topological polar surface area (TPSA) is 61.4 Å². The molecule has 13 heavy (non-hydrogen) atoms. The Morgan fingerprint density at radius 2 is 1.69 bits per heavy atom. The van der Waals surface area contributed by atoms with Crippen LogP contribution in [0, 0.1) is 5.41 Å². The summed E-state index contributed by atoms with van der Waals surface area (Å²) in [6.07, 6.45) is 0. The molecule has 0 aromatic rings. The van der Waals surface area contributed by atoms with Crippen LogP contribution in [0.25, 0.3) is 0 Å². The van der Waals surface area contributed by atoms with E-state index in [2.05, 4.69) is 10.6 Å². The number of rotatable bonds is 1. The average molecular weight is 185 g/mol. The average Bonchev–Trinajstić information content (AvgIpc) is 1.95. The lowest BCUT2D eigenvalue weighted by Gasteiger charge is -2.31. The third-order valence-electron chi connectivity index (χ3n) is 1.60. The maximum absolute atomic E-state index is 11.2. The quantitative estimate of drug-likeness (QED) is 0.632. The molecular weight excluding hydrogens is 170 g/mol. The maximum Gasteiger partial charge on any atom is 0.326 e. The molecule has 1 rings (SSSR count). The number of nitrogens with zero attached hydrogens (tertiary/aromatic N) is 1. The maximum atomic E-state index is 11.2. The molecule has 1 aliphatic rings. The fourth-order valence-corrected chi connectivity index (χ4v) is 1.10. The Labute approximate surface area is 77.5 Å². The number of hydrogen-bond donors (Lipinski definition) is 2. The first-order valence-corrected chi connectivity index (χ1v) is 4.23. The number of imide groups is 1. The number of urea groups is 2. The molecule has 1 aliphatic heterocycles. The van der Waals surface area contributed by atoms with Crippen molar-refractivity contribution in [2.24, 2.45) is 5.41 Å². The first kappa shape index (κ1) is 9.83. The van der Waals surface area contributed by atoms with Gasteiger partial charge in [0.25, 0.3) is 0 Å². The van der Waals surface area contributed by atoms with E-state index in [1.807, 2.05) is 20.8 Å². The van der Waals surface area contributed by atoms with Gasteiger partial charge >= 0.3 is 12.1 Å². The molecule has 5 heteroatoms. The molecule has 0 radical (unpaired) electrons. The van der Waals surface area contributed by atoms with E-state index in [4.69, 9.17) is 0 Å². The number of amides is 4. The highest BCUT2D eigenvalue weighted by Gasteiger charge is 2.29. The molecule has 0 aliphatic carbocycles. The standard InChI is InChI=1S/C8H15N3O2/c1-8(2,3)4-11-6(12)9-5-10-7(11)13/h4-5H2,1-3H3,(H,9,12)(H,10,13). The largest absolute Gasteiger partial charge is 0.326 e. The fourth-order valence-electron chi connectivity index (χ4n) is 1.10. The first-order valence-electron chi connectivity index (χ1n) is 4.23. The Balaban J connectivity index is 2.65. The van der Waals surface area contributed by atoms with E-state index < -0.39 is 0 Å². The van der Waals surface area contributed by atoms with Crippen molar-refractivity contribution in [3.8, 4) is 0 Å². The van der Waals surface area contributed by atoms with Gasteiger partial charge in [0.05, 0.1) is 6.67 Å². The van der Waals surface area contributed by atoms with E-state index in [0.717, 1.165) is 0 Å². The fraction of sp³-hybridized carbons (Fsp3) is 0.750. The van der Waals surface area contributed by atoms with Gasteiger partial charge in [0.15, 0.2) is 0 Å². The molecule has 0 unspecified atom stereocenters. The van der Waals surface area contributed by atoms with Crippen LogP contribution in [0.3, 0.4) is 0 Å². The Hall–Kier alpha value is -1.26. The van der Waals surface area contributed by atoms with Gasteiger partial charge in [-0.15, -0.1) is 0 Å². The van der Waals surface area contributed by atoms with Gasteiger partial charge in [-0.05, 0) is 5.41 Å². The second-order valence-corrected chi connectivity index (χ2v) is 4.29. The Morgan fingerprint density at radius 3 is 2.08 bits per heavy atom. The lowest BCUT2D eigenvalue weighted by atomic mass is 9.96. The van der Waals surface area contributed by atoms with Gasteiger partial charge < -0.3 is 10.6 Å². The molecule has 0 aromatic carbocycles. The Kier molecular flexibility index (Phi) is 2.45. The lowest BCUT2D eigenvalue weighted by molar-refractivity contribution is 0.158. The van der Waals surface area contributed by atoms with Gasteiger partial charge in [-0.3, -0.25) is 0 Å². The zero-order valence-corrected chi connectivity index (χ0v) is 8.18. The number of carbonyl (C=O) groups is 2. The van der Waals surface area contributed by atoms with Crippen LogP contribution in [0.4, 0.5) is 9.59 Å². The molecule has 0 saturated carbocycles. The minimum Gasteiger partial charge on any atom is -0.320 e. The summed E-state index contributed by atoms with van der Waals surface area (Å²) in [4.78, 5) is 23.7. The van der Waals surface area contributed by atoms with Gasteiger partial charge in [0, 0.05) is 6.54 Å². The highest BCUT2D eigenvalue weighted by atomic mass is 16.2. The summed E-state index contributed by atoms with van der Waals surface area (Å²) in [5.74, 6) is 0. The SMILES string of the molecule is CC(C)(C)CN1C(=O)NCNC1=O. The van der Waals surface area contributed by atoms with E-state index in [1.165, 1.54) is 4.90 Å². The molecule has 74 valence electrons. The summed E-state index contributed by atoms with van der Waals surface area (Å²) in [5, 5.41) is 5.08. The molecule has 0 bridgehead atoms. The van der Waals surface area contributed by atoms with Crippen molar-refractivity contribution >= 4 is 12.1 Å². The monoisotopic (exact) mass is 185 g/mol. The van der Waals surface area contributed by atoms with Gasteiger partial charge in [0.1, 0.15) is 0 Å². The van der Waals surface area contributed by atoms with Gasteiger partial charge in [-0.25, -0.2) is 14.5 Å². The minimum atomic E-state index is -0.321. The van der Waals surface area contributed by atoms with E-state index in [-0.39, 0.29) is 24.1 Å². The lowest BCUT2D eigenvalue weighted by Crippen LogP contribution is -2.59. The molecule has 0 aromatic heterocycles. The van der Waals surface area contributed by atoms with Crippen molar-refractivity contribution < 1.29 is 9.59 Å². The van der Waals surface area contributed by atoms with Crippen LogP contribution in [0.2, 0.25) is 0 Å². The van der Waals surface area contributed by atoms with Crippen molar-refractivity contribution in [3.05, 3.63) is 0 Å². The summed E-state index contributed by atoms with van der Waals surface area (Å²) in [6.45, 7) is 6.56. The molecule has 0 spiro atoms. The van der Waals surface area contributed by atoms with Crippen molar-refractivity contribution in [1.29, 1.82) is 0 Å². The van der Waals surface area contributed by atoms with Crippen molar-refractivity contribution in [2.75, 3.05) is 13.2 Å². The molecule has 4 amide bonds. The highest BCUT2D eigenvalue weighted by Crippen LogP contribution is 2.15. The summed E-state index contributed by atoms with van der Waals surface area (Å²) in [6, 6.07) is -0.641. The normalized spacial score (nSPS) is 18.2. The predicted octanol–water partition coefficient (Wildman–Crippen LogP) is 0.725. The molecule has 0 atom stereocenters. The second kappa shape index (κ2) is 3.24. The van der Waals surface area contributed by atoms with E-state index >= 15 is 0 Å². The minimum absolute atomic E-state index is 0.0774. The molecule has 1 fully saturated rings. The number of hydrogen-bond acceptors (Lipinski definition) is 2. The second-order valence-electron chi connectivity index (χ2n) is 4.29. The molecule has 2 N–H and O–H groups in total. The number of carbonyl (C=O) groups excluding carboxylic acids is 2. The van der Waals surface area contributed by atoms with Crippen LogP contribution in [0.15, 0.2) is 0 Å². The van der Waals surface area contributed by atoms with Crippen LogP contribution in [0.1, 0.15) is 20.8 Å². The third kappa shape index (κ3) is 2.61. The predicted molar refractivity (Wildman–Crippen MR) is 48.1 cm³/mol. The van der Waals surface area contributed by atoms with Gasteiger partial charge in [-0.1, -0.05) is 20.8 Å².